The first kappa shape index (κ1) is 20.6. The molecule has 0 bridgehead atoms. The number of aromatic nitrogens is 1. The summed E-state index contributed by atoms with van der Waals surface area (Å²) in [5.41, 5.74) is -0.0647. The molecule has 2 rings (SSSR count). The average Bonchev–Trinajstić information content (AvgIpc) is 3.11. The maximum absolute atomic E-state index is 12.5. The number of esters is 1. The van der Waals surface area contributed by atoms with Crippen molar-refractivity contribution >= 4 is 57.5 Å². The van der Waals surface area contributed by atoms with Crippen LogP contribution in [0.25, 0.3) is 0 Å². The van der Waals surface area contributed by atoms with Crippen LogP contribution in [0.15, 0.2) is 10.5 Å². The van der Waals surface area contributed by atoms with Crippen molar-refractivity contribution < 1.29 is 28.8 Å². The zero-order chi connectivity index (χ0) is 20.0. The van der Waals surface area contributed by atoms with Gasteiger partial charge in [0.25, 0.3) is 5.91 Å². The predicted octanol–water partition coefficient (Wildman–Crippen LogP) is -0.783. The van der Waals surface area contributed by atoms with E-state index in [1.807, 2.05) is 0 Å². The Kier molecular flexibility index (Phi) is 7.07. The number of halogens is 1. The van der Waals surface area contributed by atoms with Gasteiger partial charge < -0.3 is 25.5 Å². The number of nitrogens with one attached hydrogen (secondary N) is 3. The average molecular weight is 418 g/mol. The Labute approximate surface area is 162 Å². The van der Waals surface area contributed by atoms with Gasteiger partial charge in [-0.25, -0.2) is 4.98 Å². The molecule has 2 heterocycles. The third kappa shape index (κ3) is 5.14. The molecule has 0 spiro atoms. The lowest BCUT2D eigenvalue weighted by atomic mass is 9.95. The first-order valence-electron chi connectivity index (χ1n) is 7.50. The highest BCUT2D eigenvalue weighted by atomic mass is 35.5. The summed E-state index contributed by atoms with van der Waals surface area (Å²) < 4.78 is 4.54. The first-order valence-corrected chi connectivity index (χ1v) is 8.92. The predicted molar refractivity (Wildman–Crippen MR) is 95.5 cm³/mol. The Balaban J connectivity index is 2.09. The Hall–Kier alpha value is -2.73. The van der Waals surface area contributed by atoms with Crippen LogP contribution < -0.4 is 16.0 Å². The minimum atomic E-state index is -0.923. The van der Waals surface area contributed by atoms with Crippen molar-refractivity contribution in [3.63, 3.8) is 0 Å². The molecular formula is C14H16ClN5O6S. The molecule has 1 aromatic heterocycles. The number of β-lactam (4-membered cyclic amide) rings is 1. The highest BCUT2D eigenvalue weighted by Gasteiger charge is 2.42. The summed E-state index contributed by atoms with van der Waals surface area (Å²) in [6.07, 6.45) is -0.0880. The Morgan fingerprint density at radius 1 is 1.41 bits per heavy atom. The van der Waals surface area contributed by atoms with E-state index in [0.717, 1.165) is 11.3 Å². The van der Waals surface area contributed by atoms with Crippen molar-refractivity contribution in [3.8, 4) is 0 Å². The lowest BCUT2D eigenvalue weighted by Crippen LogP contribution is -2.70. The van der Waals surface area contributed by atoms with E-state index in [0.29, 0.717) is 0 Å². The number of ether oxygens (including phenoxy) is 1. The number of hydrogen-bond acceptors (Lipinski definition) is 9. The van der Waals surface area contributed by atoms with Crippen molar-refractivity contribution in [1.82, 2.24) is 15.6 Å². The molecule has 13 heteroatoms. The van der Waals surface area contributed by atoms with Crippen LogP contribution in [-0.2, 0) is 28.8 Å². The van der Waals surface area contributed by atoms with Gasteiger partial charge in [-0.05, 0) is 0 Å². The van der Waals surface area contributed by atoms with Gasteiger partial charge in [-0.3, -0.25) is 19.2 Å². The van der Waals surface area contributed by atoms with Crippen molar-refractivity contribution in [2.75, 3.05) is 25.4 Å². The second-order valence-corrected chi connectivity index (χ2v) is 6.31. The maximum Gasteiger partial charge on any atom is 0.307 e. The fraction of sp³-hybridized carbons (Fsp3) is 0.429. The van der Waals surface area contributed by atoms with Gasteiger partial charge in [0, 0.05) is 5.38 Å². The van der Waals surface area contributed by atoms with E-state index in [1.165, 1.54) is 19.6 Å². The Morgan fingerprint density at radius 3 is 2.74 bits per heavy atom. The van der Waals surface area contributed by atoms with E-state index in [-0.39, 0.29) is 28.8 Å². The number of amides is 3. The number of nitrogens with zero attached hydrogens (tertiary/aromatic N) is 2. The zero-order valence-electron chi connectivity index (χ0n) is 14.3. The number of oxime groups is 1. The summed E-state index contributed by atoms with van der Waals surface area (Å²) in [7, 11) is 2.47. The third-order valence-electron chi connectivity index (χ3n) is 3.43. The molecule has 1 aromatic rings. The van der Waals surface area contributed by atoms with Crippen LogP contribution in [0.3, 0.4) is 0 Å². The number of carbonyl (C=O) groups is 4. The van der Waals surface area contributed by atoms with Crippen LogP contribution in [0.2, 0.25) is 0 Å². The number of thiazole rings is 1. The quantitative estimate of drug-likeness (QED) is 0.165. The van der Waals surface area contributed by atoms with E-state index in [2.05, 4.69) is 35.7 Å². The van der Waals surface area contributed by atoms with E-state index in [4.69, 9.17) is 11.6 Å². The molecule has 2 atom stereocenters. The number of methoxy groups -OCH3 is 1. The molecule has 1 aliphatic heterocycles. The van der Waals surface area contributed by atoms with Gasteiger partial charge in [-0.15, -0.1) is 22.9 Å². The Bertz CT molecular complexity index is 782. The van der Waals surface area contributed by atoms with Crippen LogP contribution in [0, 0.1) is 0 Å². The van der Waals surface area contributed by atoms with Gasteiger partial charge in [0.05, 0.1) is 19.6 Å². The fourth-order valence-corrected chi connectivity index (χ4v) is 2.92. The lowest BCUT2D eigenvalue weighted by Gasteiger charge is -2.36. The van der Waals surface area contributed by atoms with Gasteiger partial charge in [-0.1, -0.05) is 5.16 Å². The van der Waals surface area contributed by atoms with Gasteiger partial charge in [0.1, 0.15) is 24.7 Å². The summed E-state index contributed by atoms with van der Waals surface area (Å²) in [6.45, 7) is 0. The molecular weight excluding hydrogens is 402 g/mol. The van der Waals surface area contributed by atoms with Gasteiger partial charge in [0.15, 0.2) is 10.8 Å². The van der Waals surface area contributed by atoms with Crippen molar-refractivity contribution in [2.45, 2.75) is 18.5 Å². The number of carbonyl (C=O) groups excluding carboxylic acids is 4. The summed E-state index contributed by atoms with van der Waals surface area (Å²) >= 11 is 6.47. The SMILES string of the molecule is CON=C(C(=O)NC1C(=O)NC1CC(=O)OC)c1csc(NC(=O)CCl)n1. The maximum atomic E-state index is 12.5. The van der Waals surface area contributed by atoms with Crippen LogP contribution >= 0.6 is 22.9 Å². The van der Waals surface area contributed by atoms with E-state index < -0.39 is 35.8 Å². The number of rotatable bonds is 8. The van der Waals surface area contributed by atoms with Crippen LogP contribution in [0.4, 0.5) is 5.13 Å². The molecule has 3 amide bonds. The number of anilines is 1. The second kappa shape index (κ2) is 9.28. The smallest absolute Gasteiger partial charge is 0.307 e. The molecule has 1 saturated heterocycles. The Morgan fingerprint density at radius 2 is 2.15 bits per heavy atom. The molecule has 146 valence electrons. The second-order valence-electron chi connectivity index (χ2n) is 5.19. The standard InChI is InChI=1S/C14H16ClN5O6S/c1-25-9(22)3-6-10(12(23)16-6)19-13(24)11(20-26-2)7-5-27-14(17-7)18-8(21)4-15/h5-6,10H,3-4H2,1-2H3,(H,16,23)(H,19,24)(H,17,18,21). The molecule has 27 heavy (non-hydrogen) atoms. The highest BCUT2D eigenvalue weighted by Crippen LogP contribution is 2.17. The van der Waals surface area contributed by atoms with Gasteiger partial charge in [0.2, 0.25) is 11.8 Å². The van der Waals surface area contributed by atoms with Gasteiger partial charge in [-0.2, -0.15) is 0 Å². The monoisotopic (exact) mass is 417 g/mol. The van der Waals surface area contributed by atoms with Gasteiger partial charge >= 0.3 is 5.97 Å². The van der Waals surface area contributed by atoms with Crippen molar-refractivity contribution in [3.05, 3.63) is 11.1 Å². The van der Waals surface area contributed by atoms with Crippen molar-refractivity contribution in [1.29, 1.82) is 0 Å². The molecule has 0 aromatic carbocycles. The molecule has 1 fully saturated rings. The normalized spacial score (nSPS) is 18.8. The zero-order valence-corrected chi connectivity index (χ0v) is 15.8. The topological polar surface area (TPSA) is 148 Å². The van der Waals surface area contributed by atoms with E-state index in [9.17, 15) is 19.2 Å². The molecule has 11 nitrogen and oxygen atoms in total. The summed E-state index contributed by atoms with van der Waals surface area (Å²) in [5.74, 6) is -2.39. The minimum absolute atomic E-state index is 0.0880. The van der Waals surface area contributed by atoms with Crippen molar-refractivity contribution in [2.24, 2.45) is 5.16 Å². The molecule has 2 unspecified atom stereocenters. The van der Waals surface area contributed by atoms with E-state index in [1.54, 1.807) is 0 Å². The molecule has 0 radical (unpaired) electrons. The molecule has 0 saturated carbocycles. The molecule has 1 aliphatic rings. The molecule has 3 N–H and O–H groups in total. The largest absolute Gasteiger partial charge is 0.469 e. The van der Waals surface area contributed by atoms with Crippen LogP contribution in [0.1, 0.15) is 12.1 Å². The number of alkyl halides is 1. The summed E-state index contributed by atoms with van der Waals surface area (Å²) in [6, 6.07) is -1.51. The molecule has 0 aliphatic carbocycles. The number of hydrogen-bond donors (Lipinski definition) is 3. The fourth-order valence-electron chi connectivity index (χ4n) is 2.14. The van der Waals surface area contributed by atoms with Crippen LogP contribution in [-0.4, -0.2) is 66.6 Å². The lowest BCUT2D eigenvalue weighted by molar-refractivity contribution is -0.144. The summed E-state index contributed by atoms with van der Waals surface area (Å²) in [5, 5.41) is 12.8. The van der Waals surface area contributed by atoms with Crippen LogP contribution in [0.5, 0.6) is 0 Å². The minimum Gasteiger partial charge on any atom is -0.469 e. The van der Waals surface area contributed by atoms with E-state index >= 15 is 0 Å². The first-order chi connectivity index (χ1) is 12.9. The summed E-state index contributed by atoms with van der Waals surface area (Å²) in [4.78, 5) is 55.6. The third-order valence-corrected chi connectivity index (χ3v) is 4.43. The highest BCUT2D eigenvalue weighted by molar-refractivity contribution is 7.14.